The minimum absolute atomic E-state index is 0.912. The van der Waals surface area contributed by atoms with Crippen molar-refractivity contribution in [3.8, 4) is 0 Å². The summed E-state index contributed by atoms with van der Waals surface area (Å²) >= 11 is 6.85. The first-order chi connectivity index (χ1) is 5.26. The summed E-state index contributed by atoms with van der Waals surface area (Å²) in [5.74, 6) is 0.912. The lowest BCUT2D eigenvalue weighted by Crippen LogP contribution is -2.26. The molecule has 0 rings (SSSR count). The number of hydrogen-bond acceptors (Lipinski definition) is 2. The molecular formula is C8H15NS2. The second kappa shape index (κ2) is 6.68. The lowest BCUT2D eigenvalue weighted by molar-refractivity contribution is 0.482. The van der Waals surface area contributed by atoms with Gasteiger partial charge in [0.1, 0.15) is 4.32 Å². The summed E-state index contributed by atoms with van der Waals surface area (Å²) in [5.41, 5.74) is 0. The lowest BCUT2D eigenvalue weighted by atomic mass is 10.6. The van der Waals surface area contributed by atoms with E-state index in [0.717, 1.165) is 23.2 Å². The Morgan fingerprint density at radius 1 is 1.55 bits per heavy atom. The zero-order chi connectivity index (χ0) is 8.69. The topological polar surface area (TPSA) is 3.24 Å². The molecule has 64 valence electrons. The third kappa shape index (κ3) is 4.43. The van der Waals surface area contributed by atoms with Gasteiger partial charge in [0.2, 0.25) is 0 Å². The smallest absolute Gasteiger partial charge is 0.136 e. The number of thiocarbonyl (C=S) groups is 1. The Morgan fingerprint density at radius 3 is 2.45 bits per heavy atom. The highest BCUT2D eigenvalue weighted by molar-refractivity contribution is 8.23. The van der Waals surface area contributed by atoms with Crippen LogP contribution in [0.1, 0.15) is 13.8 Å². The first-order valence-electron chi connectivity index (χ1n) is 3.78. The molecule has 0 aliphatic heterocycles. The van der Waals surface area contributed by atoms with Crippen LogP contribution in [-0.2, 0) is 0 Å². The number of rotatable bonds is 4. The molecule has 0 amide bonds. The average molecular weight is 189 g/mol. The summed E-state index contributed by atoms with van der Waals surface area (Å²) in [6.07, 6.45) is 1.88. The maximum absolute atomic E-state index is 5.18. The highest BCUT2D eigenvalue weighted by Crippen LogP contribution is 2.08. The van der Waals surface area contributed by atoms with Crippen molar-refractivity contribution in [2.45, 2.75) is 13.8 Å². The monoisotopic (exact) mass is 189 g/mol. The summed E-state index contributed by atoms with van der Waals surface area (Å²) in [4.78, 5) is 2.17. The van der Waals surface area contributed by atoms with Gasteiger partial charge in [0.05, 0.1) is 0 Å². The van der Waals surface area contributed by atoms with Crippen LogP contribution in [0.25, 0.3) is 0 Å². The van der Waals surface area contributed by atoms with Crippen molar-refractivity contribution in [2.24, 2.45) is 0 Å². The Hall–Kier alpha value is -0.0200. The van der Waals surface area contributed by atoms with Gasteiger partial charge in [-0.05, 0) is 13.8 Å². The summed E-state index contributed by atoms with van der Waals surface area (Å²) in [6.45, 7) is 9.87. The van der Waals surface area contributed by atoms with E-state index in [1.165, 1.54) is 0 Å². The quantitative estimate of drug-likeness (QED) is 0.494. The molecule has 0 N–H and O–H groups in total. The third-order valence-corrected chi connectivity index (χ3v) is 2.87. The van der Waals surface area contributed by atoms with Gasteiger partial charge >= 0.3 is 0 Å². The van der Waals surface area contributed by atoms with Gasteiger partial charge in [0, 0.05) is 18.8 Å². The van der Waals surface area contributed by atoms with Crippen LogP contribution >= 0.6 is 24.0 Å². The van der Waals surface area contributed by atoms with E-state index in [1.807, 2.05) is 6.08 Å². The Bertz CT molecular complexity index is 130. The molecule has 0 spiro atoms. The van der Waals surface area contributed by atoms with Gasteiger partial charge in [-0.3, -0.25) is 0 Å². The van der Waals surface area contributed by atoms with Gasteiger partial charge in [0.15, 0.2) is 0 Å². The Labute approximate surface area is 78.8 Å². The normalized spacial score (nSPS) is 9.27. The van der Waals surface area contributed by atoms with Crippen LogP contribution in [0, 0.1) is 0 Å². The predicted octanol–water partition coefficient (Wildman–Crippen LogP) is 2.53. The minimum atomic E-state index is 0.912. The molecule has 0 bridgehead atoms. The summed E-state index contributed by atoms with van der Waals surface area (Å²) in [7, 11) is 0. The number of thioether (sulfide) groups is 1. The number of hydrogen-bond donors (Lipinski definition) is 0. The molecule has 0 radical (unpaired) electrons. The van der Waals surface area contributed by atoms with Crippen LogP contribution in [0.5, 0.6) is 0 Å². The molecule has 0 saturated heterocycles. The fourth-order valence-corrected chi connectivity index (χ4v) is 1.87. The summed E-state index contributed by atoms with van der Waals surface area (Å²) in [6, 6.07) is 0. The van der Waals surface area contributed by atoms with Crippen molar-refractivity contribution < 1.29 is 0 Å². The fourth-order valence-electron chi connectivity index (χ4n) is 0.703. The molecule has 0 aromatic carbocycles. The first kappa shape index (κ1) is 11.0. The van der Waals surface area contributed by atoms with Crippen molar-refractivity contribution in [3.63, 3.8) is 0 Å². The maximum atomic E-state index is 5.18. The molecule has 3 heteroatoms. The minimum Gasteiger partial charge on any atom is -0.358 e. The molecule has 0 aromatic rings. The largest absolute Gasteiger partial charge is 0.358 e. The summed E-state index contributed by atoms with van der Waals surface area (Å²) in [5, 5.41) is 0. The molecule has 0 unspecified atom stereocenters. The van der Waals surface area contributed by atoms with Gasteiger partial charge in [0.25, 0.3) is 0 Å². The van der Waals surface area contributed by atoms with E-state index in [9.17, 15) is 0 Å². The highest BCUT2D eigenvalue weighted by atomic mass is 32.2. The van der Waals surface area contributed by atoms with Crippen LogP contribution in [0.3, 0.4) is 0 Å². The maximum Gasteiger partial charge on any atom is 0.136 e. The van der Waals surface area contributed by atoms with E-state index < -0.39 is 0 Å². The molecule has 0 aliphatic carbocycles. The van der Waals surface area contributed by atoms with Crippen molar-refractivity contribution in [1.82, 2.24) is 4.90 Å². The molecule has 0 atom stereocenters. The lowest BCUT2D eigenvalue weighted by Gasteiger charge is -2.20. The van der Waals surface area contributed by atoms with Gasteiger partial charge < -0.3 is 4.90 Å². The van der Waals surface area contributed by atoms with Crippen LogP contribution in [0.4, 0.5) is 0 Å². The zero-order valence-electron chi connectivity index (χ0n) is 7.17. The summed E-state index contributed by atoms with van der Waals surface area (Å²) < 4.78 is 0.981. The second-order valence-corrected chi connectivity index (χ2v) is 3.69. The van der Waals surface area contributed by atoms with Gasteiger partial charge in [-0.25, -0.2) is 0 Å². The van der Waals surface area contributed by atoms with Crippen LogP contribution in [0.2, 0.25) is 0 Å². The van der Waals surface area contributed by atoms with Crippen molar-refractivity contribution in [3.05, 3.63) is 12.7 Å². The zero-order valence-corrected chi connectivity index (χ0v) is 8.80. The Morgan fingerprint density at radius 2 is 2.09 bits per heavy atom. The molecule has 11 heavy (non-hydrogen) atoms. The number of nitrogens with zero attached hydrogens (tertiary/aromatic N) is 1. The van der Waals surface area contributed by atoms with E-state index in [0.29, 0.717) is 0 Å². The van der Waals surface area contributed by atoms with Crippen LogP contribution < -0.4 is 0 Å². The van der Waals surface area contributed by atoms with Crippen LogP contribution in [0.15, 0.2) is 12.7 Å². The van der Waals surface area contributed by atoms with Crippen molar-refractivity contribution >= 4 is 28.3 Å². The van der Waals surface area contributed by atoms with E-state index in [2.05, 4.69) is 25.3 Å². The first-order valence-corrected chi connectivity index (χ1v) is 5.18. The molecular weight excluding hydrogens is 174 g/mol. The molecule has 0 heterocycles. The molecule has 0 aromatic heterocycles. The molecule has 0 aliphatic rings. The van der Waals surface area contributed by atoms with Crippen molar-refractivity contribution in [1.29, 1.82) is 0 Å². The fraction of sp³-hybridized carbons (Fsp3) is 0.625. The van der Waals surface area contributed by atoms with E-state index in [1.54, 1.807) is 11.8 Å². The Kier molecular flexibility index (Phi) is 6.66. The van der Waals surface area contributed by atoms with E-state index in [4.69, 9.17) is 12.2 Å². The predicted molar refractivity (Wildman–Crippen MR) is 58.2 cm³/mol. The molecule has 1 nitrogen and oxygen atoms in total. The highest BCUT2D eigenvalue weighted by Gasteiger charge is 2.02. The van der Waals surface area contributed by atoms with E-state index >= 15 is 0 Å². The SMILES string of the molecule is C=CCSC(=S)N(CC)CC. The third-order valence-electron chi connectivity index (χ3n) is 1.35. The van der Waals surface area contributed by atoms with Crippen LogP contribution in [-0.4, -0.2) is 28.1 Å². The van der Waals surface area contributed by atoms with Gasteiger partial charge in [-0.15, -0.1) is 6.58 Å². The van der Waals surface area contributed by atoms with Crippen molar-refractivity contribution in [2.75, 3.05) is 18.8 Å². The van der Waals surface area contributed by atoms with E-state index in [-0.39, 0.29) is 0 Å². The van der Waals surface area contributed by atoms with Gasteiger partial charge in [-0.1, -0.05) is 30.1 Å². The molecule has 0 saturated carbocycles. The molecule has 0 fully saturated rings. The second-order valence-electron chi connectivity index (χ2n) is 2.04. The average Bonchev–Trinajstić information content (AvgIpc) is 2.03. The Balaban J connectivity index is 3.69. The van der Waals surface area contributed by atoms with Gasteiger partial charge in [-0.2, -0.15) is 0 Å². The standard InChI is InChI=1S/C8H15NS2/c1-4-7-11-8(10)9(5-2)6-3/h4H,1,5-7H2,2-3H3.